The first-order chi connectivity index (χ1) is 12.1. The Hall–Kier alpha value is -1.08. The van der Waals surface area contributed by atoms with Gasteiger partial charge in [-0.05, 0) is 44.6 Å². The smallest absolute Gasteiger partial charge is 0.191 e. The third-order valence-electron chi connectivity index (χ3n) is 6.14. The highest BCUT2D eigenvalue weighted by Gasteiger charge is 2.57. The second kappa shape index (κ2) is 6.23. The lowest BCUT2D eigenvalue weighted by molar-refractivity contribution is -0.154. The number of nitrogens with zero attached hydrogens (tertiary/aromatic N) is 1. The summed E-state index contributed by atoms with van der Waals surface area (Å²) >= 11 is 0. The van der Waals surface area contributed by atoms with Crippen LogP contribution in [-0.2, 0) is 21.4 Å². The van der Waals surface area contributed by atoms with Crippen molar-refractivity contribution in [1.82, 2.24) is 4.90 Å². The predicted molar refractivity (Wildman–Crippen MR) is 103 cm³/mol. The Morgan fingerprint density at radius 2 is 2.12 bits per heavy atom. The molecular formula is C20H26BrNO4. The van der Waals surface area contributed by atoms with Crippen LogP contribution in [0.15, 0.2) is 24.3 Å². The van der Waals surface area contributed by atoms with Gasteiger partial charge >= 0.3 is 0 Å². The lowest BCUT2D eigenvalue weighted by Crippen LogP contribution is -2.48. The van der Waals surface area contributed by atoms with Crippen LogP contribution in [0, 0.1) is 0 Å². The molecule has 3 aliphatic heterocycles. The maximum absolute atomic E-state index is 6.51. The molecule has 0 N–H and O–H groups in total. The van der Waals surface area contributed by atoms with Crippen molar-refractivity contribution in [2.45, 2.75) is 49.7 Å². The number of benzene rings is 1. The molecule has 1 aromatic rings. The molecule has 3 heterocycles. The van der Waals surface area contributed by atoms with Crippen LogP contribution in [0.25, 0.3) is 0 Å². The fourth-order valence-corrected chi connectivity index (χ4v) is 4.93. The quantitative estimate of drug-likeness (QED) is 0.648. The average Bonchev–Trinajstić information content (AvgIpc) is 3.07. The second-order valence-corrected chi connectivity index (χ2v) is 7.85. The standard InChI is InChI=1S/C20H25NO4.BrH/c1-13-12-23-20(25-13)7-6-19-8-9-21(2)11-14-4-5-15(22-3)18(17(14)19)24-16(19)10-20;/h4-7,13,16H,8-12H2,1-3H3;1H. The average molecular weight is 424 g/mol. The largest absolute Gasteiger partial charge is 0.493 e. The van der Waals surface area contributed by atoms with Crippen molar-refractivity contribution >= 4 is 17.0 Å². The molecule has 0 bridgehead atoms. The van der Waals surface area contributed by atoms with E-state index in [0.717, 1.165) is 37.4 Å². The normalized spacial score (nSPS) is 37.5. The molecule has 6 heteroatoms. The lowest BCUT2D eigenvalue weighted by Gasteiger charge is -2.40. The fourth-order valence-electron chi connectivity index (χ4n) is 4.93. The summed E-state index contributed by atoms with van der Waals surface area (Å²) in [4.78, 5) is 2.38. The van der Waals surface area contributed by atoms with E-state index in [0.29, 0.717) is 6.61 Å². The first kappa shape index (κ1) is 18.3. The minimum Gasteiger partial charge on any atom is -0.493 e. The highest BCUT2D eigenvalue weighted by atomic mass is 79.9. The van der Waals surface area contributed by atoms with Crippen LogP contribution in [0.1, 0.15) is 30.9 Å². The maximum Gasteiger partial charge on any atom is 0.191 e. The van der Waals surface area contributed by atoms with Crippen LogP contribution in [0.4, 0.5) is 0 Å². The van der Waals surface area contributed by atoms with Crippen molar-refractivity contribution in [3.05, 3.63) is 35.4 Å². The Morgan fingerprint density at radius 1 is 1.27 bits per heavy atom. The zero-order chi connectivity index (χ0) is 17.2. The highest BCUT2D eigenvalue weighted by Crippen LogP contribution is 2.57. The number of rotatable bonds is 1. The van der Waals surface area contributed by atoms with Crippen LogP contribution in [-0.4, -0.2) is 50.2 Å². The van der Waals surface area contributed by atoms with Gasteiger partial charge in [-0.25, -0.2) is 0 Å². The van der Waals surface area contributed by atoms with E-state index in [1.807, 2.05) is 6.07 Å². The fraction of sp³-hybridized carbons (Fsp3) is 0.600. The molecule has 1 aromatic carbocycles. The van der Waals surface area contributed by atoms with Crippen molar-refractivity contribution in [3.8, 4) is 11.5 Å². The van der Waals surface area contributed by atoms with Gasteiger partial charge in [0.05, 0.1) is 25.2 Å². The summed E-state index contributed by atoms with van der Waals surface area (Å²) in [5.74, 6) is 1.09. The summed E-state index contributed by atoms with van der Waals surface area (Å²) in [5, 5.41) is 0. The Morgan fingerprint density at radius 3 is 2.85 bits per heavy atom. The van der Waals surface area contributed by atoms with E-state index in [1.54, 1.807) is 7.11 Å². The number of hydrogen-bond donors (Lipinski definition) is 0. The van der Waals surface area contributed by atoms with Gasteiger partial charge in [0.15, 0.2) is 17.3 Å². The van der Waals surface area contributed by atoms with Crippen LogP contribution < -0.4 is 9.47 Å². The summed E-state index contributed by atoms with van der Waals surface area (Å²) in [7, 11) is 3.89. The van der Waals surface area contributed by atoms with Crippen LogP contribution in [0.2, 0.25) is 0 Å². The summed E-state index contributed by atoms with van der Waals surface area (Å²) in [5.41, 5.74) is 2.52. The van der Waals surface area contributed by atoms with Crippen molar-refractivity contribution in [1.29, 1.82) is 0 Å². The van der Waals surface area contributed by atoms with Gasteiger partial charge in [0, 0.05) is 18.5 Å². The molecule has 142 valence electrons. The zero-order valence-electron chi connectivity index (χ0n) is 15.5. The first-order valence-electron chi connectivity index (χ1n) is 9.13. The number of hydrogen-bond acceptors (Lipinski definition) is 5. The van der Waals surface area contributed by atoms with E-state index in [2.05, 4.69) is 37.1 Å². The number of halogens is 1. The van der Waals surface area contributed by atoms with Crippen molar-refractivity contribution < 1.29 is 18.9 Å². The molecule has 1 aliphatic carbocycles. The van der Waals surface area contributed by atoms with Gasteiger partial charge in [-0.3, -0.25) is 0 Å². The zero-order valence-corrected chi connectivity index (χ0v) is 17.2. The number of ether oxygens (including phenoxy) is 4. The third-order valence-corrected chi connectivity index (χ3v) is 6.14. The highest BCUT2D eigenvalue weighted by molar-refractivity contribution is 8.93. The topological polar surface area (TPSA) is 40.2 Å². The van der Waals surface area contributed by atoms with E-state index in [1.165, 1.54) is 11.1 Å². The van der Waals surface area contributed by atoms with Gasteiger partial charge in [0.25, 0.3) is 0 Å². The first-order valence-corrected chi connectivity index (χ1v) is 9.13. The molecule has 4 aliphatic rings. The van der Waals surface area contributed by atoms with Gasteiger partial charge in [0.2, 0.25) is 0 Å². The third kappa shape index (κ3) is 2.46. The van der Waals surface area contributed by atoms with Gasteiger partial charge in [-0.1, -0.05) is 12.1 Å². The predicted octanol–water partition coefficient (Wildman–Crippen LogP) is 3.20. The Balaban J connectivity index is 0.00000168. The molecule has 0 saturated carbocycles. The summed E-state index contributed by atoms with van der Waals surface area (Å²) in [6.07, 6.45) is 6.32. The maximum atomic E-state index is 6.51. The molecule has 26 heavy (non-hydrogen) atoms. The minimum atomic E-state index is -0.636. The summed E-state index contributed by atoms with van der Waals surface area (Å²) < 4.78 is 24.2. The molecule has 5 nitrogen and oxygen atoms in total. The van der Waals surface area contributed by atoms with Gasteiger partial charge in [0.1, 0.15) is 6.10 Å². The van der Waals surface area contributed by atoms with Crippen molar-refractivity contribution in [2.24, 2.45) is 0 Å². The van der Waals surface area contributed by atoms with Crippen molar-refractivity contribution in [2.75, 3.05) is 27.3 Å². The Kier molecular flexibility index (Phi) is 4.38. The molecule has 1 fully saturated rings. The Bertz CT molecular complexity index is 754. The van der Waals surface area contributed by atoms with Crippen LogP contribution in [0.5, 0.6) is 11.5 Å². The summed E-state index contributed by atoms with van der Waals surface area (Å²) in [6, 6.07) is 4.22. The van der Waals surface area contributed by atoms with E-state index in [4.69, 9.17) is 18.9 Å². The van der Waals surface area contributed by atoms with E-state index >= 15 is 0 Å². The monoisotopic (exact) mass is 423 g/mol. The van der Waals surface area contributed by atoms with Crippen molar-refractivity contribution in [3.63, 3.8) is 0 Å². The molecular weight excluding hydrogens is 398 g/mol. The SMILES string of the molecule is Br.COc1ccc2c3c1OC1CC4(C=CC31CCN(C)C2)OCC(C)O4. The summed E-state index contributed by atoms with van der Waals surface area (Å²) in [6.45, 7) is 4.66. The molecule has 0 aromatic heterocycles. The molecule has 0 amide bonds. The minimum absolute atomic E-state index is 0. The lowest BCUT2D eigenvalue weighted by atomic mass is 9.68. The van der Waals surface area contributed by atoms with Gasteiger partial charge < -0.3 is 23.8 Å². The van der Waals surface area contributed by atoms with Gasteiger partial charge in [-0.2, -0.15) is 0 Å². The molecule has 4 atom stereocenters. The molecule has 2 spiro atoms. The number of methoxy groups -OCH3 is 1. The van der Waals surface area contributed by atoms with Crippen LogP contribution >= 0.6 is 17.0 Å². The molecule has 4 unspecified atom stereocenters. The van der Waals surface area contributed by atoms with E-state index in [-0.39, 0.29) is 34.6 Å². The molecule has 1 saturated heterocycles. The molecule has 5 rings (SSSR count). The second-order valence-electron chi connectivity index (χ2n) is 7.85. The van der Waals surface area contributed by atoms with E-state index in [9.17, 15) is 0 Å². The Labute approximate surface area is 165 Å². The van der Waals surface area contributed by atoms with Gasteiger partial charge in [-0.15, -0.1) is 17.0 Å². The van der Waals surface area contributed by atoms with Crippen LogP contribution in [0.3, 0.4) is 0 Å². The molecule has 0 radical (unpaired) electrons. The van der Waals surface area contributed by atoms with E-state index < -0.39 is 5.79 Å².